The Morgan fingerprint density at radius 2 is 1.95 bits per heavy atom. The van der Waals surface area contributed by atoms with Crippen LogP contribution in [0.15, 0.2) is 36.4 Å². The van der Waals surface area contributed by atoms with Gasteiger partial charge in [0, 0.05) is 6.07 Å². The molecule has 0 atom stereocenters. The molecule has 0 saturated heterocycles. The van der Waals surface area contributed by atoms with E-state index in [1.807, 2.05) is 0 Å². The molecule has 0 unspecified atom stereocenters. The first-order chi connectivity index (χ1) is 9.56. The van der Waals surface area contributed by atoms with Gasteiger partial charge in [0.25, 0.3) is 0 Å². The van der Waals surface area contributed by atoms with Crippen molar-refractivity contribution >= 4 is 17.0 Å². The summed E-state index contributed by atoms with van der Waals surface area (Å²) < 4.78 is 27.8. The van der Waals surface area contributed by atoms with E-state index < -0.39 is 17.6 Å². The average Bonchev–Trinajstić information content (AvgIpc) is 2.81. The molecule has 0 spiro atoms. The average molecular weight is 275 g/mol. The molecule has 3 rings (SSSR count). The molecule has 0 aliphatic rings. The normalized spacial score (nSPS) is 10.9. The highest BCUT2D eigenvalue weighted by Crippen LogP contribution is 2.20. The third-order valence-corrected chi connectivity index (χ3v) is 2.83. The van der Waals surface area contributed by atoms with Crippen molar-refractivity contribution in [2.45, 2.75) is 0 Å². The Bertz CT molecular complexity index is 830. The number of carbonyl (C=O) groups is 1. The van der Waals surface area contributed by atoms with Gasteiger partial charge in [-0.25, -0.2) is 18.3 Å². The van der Waals surface area contributed by atoms with Crippen molar-refractivity contribution in [1.82, 2.24) is 15.0 Å². The minimum absolute atomic E-state index is 0.0389. The van der Waals surface area contributed by atoms with Crippen LogP contribution >= 0.6 is 0 Å². The predicted octanol–water partition coefficient (Wildman–Crippen LogP) is 2.40. The second kappa shape index (κ2) is 4.37. The molecule has 5 nitrogen and oxygen atoms in total. The summed E-state index contributed by atoms with van der Waals surface area (Å²) in [5.74, 6) is -2.56. The van der Waals surface area contributed by atoms with Crippen LogP contribution < -0.4 is 0 Å². The minimum Gasteiger partial charge on any atom is -0.478 e. The van der Waals surface area contributed by atoms with Crippen LogP contribution in [0.4, 0.5) is 8.78 Å². The molecular weight excluding hydrogens is 268 g/mol. The fourth-order valence-electron chi connectivity index (χ4n) is 1.89. The van der Waals surface area contributed by atoms with Gasteiger partial charge in [0.05, 0.1) is 11.1 Å². The van der Waals surface area contributed by atoms with Crippen LogP contribution in [0.1, 0.15) is 10.4 Å². The van der Waals surface area contributed by atoms with Gasteiger partial charge in [-0.3, -0.25) is 0 Å². The maximum Gasteiger partial charge on any atom is 0.335 e. The molecule has 1 N–H and O–H groups in total. The van der Waals surface area contributed by atoms with E-state index in [0.29, 0.717) is 11.0 Å². The maximum absolute atomic E-state index is 13.7. The standard InChI is InChI=1S/C13H7F2N3O2/c14-8-2-4-11(9(15)6-8)18-12-3-1-7(13(19)20)5-10(12)16-17-18/h1-6H,(H,19,20). The zero-order valence-corrected chi connectivity index (χ0v) is 9.92. The quantitative estimate of drug-likeness (QED) is 0.779. The maximum atomic E-state index is 13.7. The van der Waals surface area contributed by atoms with E-state index in [1.165, 1.54) is 28.9 Å². The molecule has 0 aliphatic heterocycles. The van der Waals surface area contributed by atoms with Gasteiger partial charge < -0.3 is 5.11 Å². The third kappa shape index (κ3) is 1.89. The summed E-state index contributed by atoms with van der Waals surface area (Å²) in [4.78, 5) is 10.9. The van der Waals surface area contributed by atoms with Gasteiger partial charge in [0.15, 0.2) is 5.82 Å². The molecule has 0 bridgehead atoms. The van der Waals surface area contributed by atoms with Gasteiger partial charge in [-0.1, -0.05) is 5.21 Å². The second-order valence-corrected chi connectivity index (χ2v) is 4.11. The first-order valence-corrected chi connectivity index (χ1v) is 5.60. The monoisotopic (exact) mass is 275 g/mol. The molecule has 0 radical (unpaired) electrons. The summed E-state index contributed by atoms with van der Waals surface area (Å²) >= 11 is 0. The highest BCUT2D eigenvalue weighted by atomic mass is 19.1. The Labute approximate surface area is 111 Å². The lowest BCUT2D eigenvalue weighted by molar-refractivity contribution is 0.0697. The Morgan fingerprint density at radius 3 is 2.65 bits per heavy atom. The molecule has 3 aromatic rings. The summed E-state index contributed by atoms with van der Waals surface area (Å²) in [6, 6.07) is 7.27. The Balaban J connectivity index is 2.20. The van der Waals surface area contributed by atoms with E-state index in [2.05, 4.69) is 10.3 Å². The SMILES string of the molecule is O=C(O)c1ccc2c(c1)nnn2-c1ccc(F)cc1F. The van der Waals surface area contributed by atoms with Crippen LogP contribution in [-0.4, -0.2) is 26.1 Å². The van der Waals surface area contributed by atoms with E-state index in [0.717, 1.165) is 12.1 Å². The number of hydrogen-bond acceptors (Lipinski definition) is 3. The fraction of sp³-hybridized carbons (Fsp3) is 0. The summed E-state index contributed by atoms with van der Waals surface area (Å²) in [7, 11) is 0. The lowest BCUT2D eigenvalue weighted by atomic mass is 10.2. The Hall–Kier alpha value is -2.83. The molecular formula is C13H7F2N3O2. The van der Waals surface area contributed by atoms with Gasteiger partial charge in [0.2, 0.25) is 0 Å². The van der Waals surface area contributed by atoms with Crippen molar-refractivity contribution in [2.24, 2.45) is 0 Å². The van der Waals surface area contributed by atoms with E-state index in [4.69, 9.17) is 5.11 Å². The number of carboxylic acids is 1. The Kier molecular flexibility index (Phi) is 2.67. The van der Waals surface area contributed by atoms with Crippen LogP contribution in [0.3, 0.4) is 0 Å². The van der Waals surface area contributed by atoms with Gasteiger partial charge in [-0.05, 0) is 30.3 Å². The number of benzene rings is 2. The second-order valence-electron chi connectivity index (χ2n) is 4.11. The summed E-state index contributed by atoms with van der Waals surface area (Å²) in [5, 5.41) is 16.4. The summed E-state index contributed by atoms with van der Waals surface area (Å²) in [6.07, 6.45) is 0. The predicted molar refractivity (Wildman–Crippen MR) is 65.7 cm³/mol. The molecule has 20 heavy (non-hydrogen) atoms. The Morgan fingerprint density at radius 1 is 1.15 bits per heavy atom. The number of rotatable bonds is 2. The largest absolute Gasteiger partial charge is 0.478 e. The molecule has 2 aromatic carbocycles. The van der Waals surface area contributed by atoms with Crippen molar-refractivity contribution < 1.29 is 18.7 Å². The highest BCUT2D eigenvalue weighted by molar-refractivity contribution is 5.92. The molecule has 0 fully saturated rings. The van der Waals surface area contributed by atoms with Gasteiger partial charge in [-0.15, -0.1) is 5.10 Å². The van der Waals surface area contributed by atoms with Crippen LogP contribution in [0, 0.1) is 11.6 Å². The zero-order chi connectivity index (χ0) is 14.3. The van der Waals surface area contributed by atoms with E-state index in [-0.39, 0.29) is 11.3 Å². The summed E-state index contributed by atoms with van der Waals surface area (Å²) in [6.45, 7) is 0. The van der Waals surface area contributed by atoms with Crippen LogP contribution in [0.25, 0.3) is 16.7 Å². The minimum atomic E-state index is -1.09. The van der Waals surface area contributed by atoms with Gasteiger partial charge in [-0.2, -0.15) is 0 Å². The molecule has 1 heterocycles. The van der Waals surface area contributed by atoms with Gasteiger partial charge >= 0.3 is 5.97 Å². The first kappa shape index (κ1) is 12.2. The first-order valence-electron chi connectivity index (χ1n) is 5.60. The zero-order valence-electron chi connectivity index (χ0n) is 9.92. The summed E-state index contributed by atoms with van der Waals surface area (Å²) in [5.41, 5.74) is 0.843. The number of halogens is 2. The molecule has 0 aliphatic carbocycles. The lowest BCUT2D eigenvalue weighted by Crippen LogP contribution is -2.01. The van der Waals surface area contributed by atoms with E-state index in [9.17, 15) is 13.6 Å². The number of fused-ring (bicyclic) bond motifs is 1. The topological polar surface area (TPSA) is 68.0 Å². The molecule has 1 aromatic heterocycles. The third-order valence-electron chi connectivity index (χ3n) is 2.83. The van der Waals surface area contributed by atoms with Crippen LogP contribution in [-0.2, 0) is 0 Å². The molecule has 100 valence electrons. The van der Waals surface area contributed by atoms with Crippen molar-refractivity contribution in [2.75, 3.05) is 0 Å². The van der Waals surface area contributed by atoms with Gasteiger partial charge in [0.1, 0.15) is 17.0 Å². The fourth-order valence-corrected chi connectivity index (χ4v) is 1.89. The van der Waals surface area contributed by atoms with Crippen molar-refractivity contribution in [1.29, 1.82) is 0 Å². The number of carboxylic acid groups (broad SMARTS) is 1. The number of nitrogens with zero attached hydrogens (tertiary/aromatic N) is 3. The molecule has 0 amide bonds. The molecule has 0 saturated carbocycles. The lowest BCUT2D eigenvalue weighted by Gasteiger charge is -2.03. The van der Waals surface area contributed by atoms with E-state index >= 15 is 0 Å². The van der Waals surface area contributed by atoms with Crippen molar-refractivity contribution in [3.05, 3.63) is 53.6 Å². The number of hydrogen-bond donors (Lipinski definition) is 1. The van der Waals surface area contributed by atoms with Crippen LogP contribution in [0.5, 0.6) is 0 Å². The van der Waals surface area contributed by atoms with Crippen LogP contribution in [0.2, 0.25) is 0 Å². The molecule has 7 heteroatoms. The van der Waals surface area contributed by atoms with E-state index in [1.54, 1.807) is 0 Å². The number of aromatic carboxylic acids is 1. The van der Waals surface area contributed by atoms with Crippen molar-refractivity contribution in [3.63, 3.8) is 0 Å². The number of aromatic nitrogens is 3. The highest BCUT2D eigenvalue weighted by Gasteiger charge is 2.13. The smallest absolute Gasteiger partial charge is 0.335 e. The van der Waals surface area contributed by atoms with Crippen molar-refractivity contribution in [3.8, 4) is 5.69 Å².